The van der Waals surface area contributed by atoms with Gasteiger partial charge >= 0.3 is 8.56 Å². The van der Waals surface area contributed by atoms with E-state index in [4.69, 9.17) is 8.85 Å². The molecule has 0 bridgehead atoms. The van der Waals surface area contributed by atoms with Crippen molar-refractivity contribution in [3.8, 4) is 0 Å². The number of rotatable bonds is 14. The fraction of sp³-hybridized carbons (Fsp3) is 0.938. The van der Waals surface area contributed by atoms with Crippen molar-refractivity contribution >= 4 is 14.5 Å². The van der Waals surface area contributed by atoms with Gasteiger partial charge in [0.25, 0.3) is 5.91 Å². The molecule has 4 unspecified atom stereocenters. The summed E-state index contributed by atoms with van der Waals surface area (Å²) in [5.74, 6) is -0.756. The molecule has 0 saturated heterocycles. The molecule has 5 N–H and O–H groups in total. The molecule has 0 aliphatic rings. The largest absolute Gasteiger partial charge is 0.398 e. The molecule has 0 aromatic carbocycles. The Labute approximate surface area is 151 Å². The first-order valence-corrected chi connectivity index (χ1v) is 11.3. The van der Waals surface area contributed by atoms with Crippen molar-refractivity contribution in [3.05, 3.63) is 0 Å². The van der Waals surface area contributed by atoms with E-state index in [-0.39, 0.29) is 6.42 Å². The molecule has 0 aliphatic heterocycles. The number of amides is 1. The number of hydrogen-bond donors (Lipinski definition) is 5. The van der Waals surface area contributed by atoms with Gasteiger partial charge in [0.1, 0.15) is 12.2 Å². The van der Waals surface area contributed by atoms with Crippen LogP contribution in [0.1, 0.15) is 39.0 Å². The second-order valence-electron chi connectivity index (χ2n) is 6.40. The second kappa shape index (κ2) is 12.7. The fourth-order valence-electron chi connectivity index (χ4n) is 2.34. The lowest BCUT2D eigenvalue weighted by Crippen LogP contribution is -2.50. The molecule has 0 spiro atoms. The summed E-state index contributed by atoms with van der Waals surface area (Å²) in [6.45, 7) is 4.01. The molecule has 0 saturated carbocycles. The van der Waals surface area contributed by atoms with Crippen LogP contribution in [-0.4, -0.2) is 80.1 Å². The molecule has 25 heavy (non-hydrogen) atoms. The van der Waals surface area contributed by atoms with Gasteiger partial charge in [0.15, 0.2) is 6.10 Å². The molecule has 150 valence electrons. The summed E-state index contributed by atoms with van der Waals surface area (Å²) in [5, 5.41) is 41.0. The van der Waals surface area contributed by atoms with E-state index >= 15 is 0 Å². The van der Waals surface area contributed by atoms with Crippen LogP contribution in [0.15, 0.2) is 0 Å². The van der Waals surface area contributed by atoms with Gasteiger partial charge in [0.05, 0.1) is 6.10 Å². The summed E-state index contributed by atoms with van der Waals surface area (Å²) in [6, 6.07) is 0.912. The summed E-state index contributed by atoms with van der Waals surface area (Å²) in [5.41, 5.74) is 0. The highest BCUT2D eigenvalue weighted by atomic mass is 28.4. The summed E-state index contributed by atoms with van der Waals surface area (Å²) in [6.07, 6.45) is -2.41. The Kier molecular flexibility index (Phi) is 12.5. The van der Waals surface area contributed by atoms with Gasteiger partial charge < -0.3 is 34.6 Å². The Bertz CT molecular complexity index is 368. The third kappa shape index (κ3) is 9.09. The maximum absolute atomic E-state index is 11.8. The van der Waals surface area contributed by atoms with Gasteiger partial charge in [0.2, 0.25) is 0 Å². The normalized spacial score (nSPS) is 17.0. The number of carbonyl (C=O) groups is 1. The number of unbranched alkanes of at least 4 members (excludes halogenated alkanes) is 3. The Hall–Kier alpha value is -0.553. The lowest BCUT2D eigenvalue weighted by molar-refractivity contribution is -0.146. The molecule has 9 heteroatoms. The number of carbonyl (C=O) groups excluding carboxylic acids is 1. The van der Waals surface area contributed by atoms with Crippen LogP contribution in [0.5, 0.6) is 0 Å². The Morgan fingerprint density at radius 1 is 1.00 bits per heavy atom. The van der Waals surface area contributed by atoms with E-state index in [1.54, 1.807) is 21.1 Å². The molecule has 0 aromatic rings. The number of aliphatic hydroxyl groups excluding tert-OH is 4. The third-order valence-corrected chi connectivity index (χ3v) is 7.46. The fourth-order valence-corrected chi connectivity index (χ4v) is 3.81. The van der Waals surface area contributed by atoms with Crippen LogP contribution in [0.2, 0.25) is 12.6 Å². The summed E-state index contributed by atoms with van der Waals surface area (Å²) < 4.78 is 10.8. The average molecular weight is 382 g/mol. The molecule has 0 aromatic heterocycles. The first kappa shape index (κ1) is 24.4. The minimum Gasteiger partial charge on any atom is -0.398 e. The highest BCUT2D eigenvalue weighted by Gasteiger charge is 2.33. The third-order valence-electron chi connectivity index (χ3n) is 4.48. The van der Waals surface area contributed by atoms with E-state index in [2.05, 4.69) is 5.32 Å². The monoisotopic (exact) mass is 381 g/mol. The highest BCUT2D eigenvalue weighted by Crippen LogP contribution is 2.16. The van der Waals surface area contributed by atoms with E-state index in [1.165, 1.54) is 0 Å². The van der Waals surface area contributed by atoms with Gasteiger partial charge in [-0.05, 0) is 25.4 Å². The van der Waals surface area contributed by atoms with Crippen LogP contribution in [0, 0.1) is 0 Å². The molecule has 0 aliphatic carbocycles. The summed E-state index contributed by atoms with van der Waals surface area (Å²) in [7, 11) is 1.33. The molecule has 0 rings (SSSR count). The summed E-state index contributed by atoms with van der Waals surface area (Å²) in [4.78, 5) is 11.8. The van der Waals surface area contributed by atoms with Crippen molar-refractivity contribution in [2.75, 3.05) is 20.8 Å². The Morgan fingerprint density at radius 2 is 1.56 bits per heavy atom. The van der Waals surface area contributed by atoms with Gasteiger partial charge in [-0.25, -0.2) is 0 Å². The van der Waals surface area contributed by atoms with Crippen molar-refractivity contribution in [1.82, 2.24) is 5.32 Å². The van der Waals surface area contributed by atoms with Crippen LogP contribution in [-0.2, 0) is 13.6 Å². The molecule has 4 atom stereocenters. The second-order valence-corrected chi connectivity index (χ2v) is 9.98. The van der Waals surface area contributed by atoms with E-state index in [1.807, 2.05) is 6.55 Å². The van der Waals surface area contributed by atoms with Crippen molar-refractivity contribution in [2.24, 2.45) is 0 Å². The van der Waals surface area contributed by atoms with Crippen LogP contribution < -0.4 is 5.32 Å². The van der Waals surface area contributed by atoms with E-state index in [0.717, 1.165) is 31.7 Å². The van der Waals surface area contributed by atoms with E-state index < -0.39 is 38.9 Å². The maximum Gasteiger partial charge on any atom is 0.334 e. The zero-order valence-electron chi connectivity index (χ0n) is 15.8. The molecule has 1 amide bonds. The Morgan fingerprint density at radius 3 is 2.08 bits per heavy atom. The van der Waals surface area contributed by atoms with Gasteiger partial charge in [-0.15, -0.1) is 0 Å². The number of aliphatic hydroxyl groups is 4. The van der Waals surface area contributed by atoms with Gasteiger partial charge in [0, 0.05) is 20.8 Å². The zero-order valence-corrected chi connectivity index (χ0v) is 16.8. The first-order valence-electron chi connectivity index (χ1n) is 8.82. The van der Waals surface area contributed by atoms with Crippen molar-refractivity contribution in [1.29, 1.82) is 0 Å². The lowest BCUT2D eigenvalue weighted by Gasteiger charge is -2.25. The maximum atomic E-state index is 11.8. The quantitative estimate of drug-likeness (QED) is 0.210. The van der Waals surface area contributed by atoms with E-state index in [0.29, 0.717) is 6.54 Å². The number of hydrogen-bond acceptors (Lipinski definition) is 7. The Balaban J connectivity index is 3.93. The standard InChI is InChI=1S/C16H35NO7Si/c1-5-12(18)13(19)14(20)15(21)16(22)17-10-8-6-7-9-11-25(4,23-2)24-3/h12-15,18-21H,5-11H2,1-4H3,(H,17,22). The van der Waals surface area contributed by atoms with Crippen LogP contribution >= 0.6 is 0 Å². The predicted octanol–water partition coefficient (Wildman–Crippen LogP) is -0.119. The minimum absolute atomic E-state index is 0.209. The molecule has 8 nitrogen and oxygen atoms in total. The van der Waals surface area contributed by atoms with Crippen molar-refractivity contribution < 1.29 is 34.1 Å². The molecule has 0 radical (unpaired) electrons. The average Bonchev–Trinajstić information content (AvgIpc) is 2.64. The molecular weight excluding hydrogens is 346 g/mol. The van der Waals surface area contributed by atoms with Gasteiger partial charge in [-0.3, -0.25) is 4.79 Å². The lowest BCUT2D eigenvalue weighted by atomic mass is 10.0. The molecular formula is C16H35NO7Si. The smallest absolute Gasteiger partial charge is 0.334 e. The zero-order chi connectivity index (χ0) is 19.5. The SMILES string of the molecule is CCC(O)C(O)C(O)C(O)C(=O)NCCCCCC[Si](C)(OC)OC. The first-order chi connectivity index (χ1) is 11.7. The van der Waals surface area contributed by atoms with Crippen molar-refractivity contribution in [3.63, 3.8) is 0 Å². The van der Waals surface area contributed by atoms with Gasteiger partial charge in [-0.1, -0.05) is 26.2 Å². The van der Waals surface area contributed by atoms with Gasteiger partial charge in [-0.2, -0.15) is 0 Å². The van der Waals surface area contributed by atoms with Crippen molar-refractivity contribution in [2.45, 2.75) is 76.0 Å². The van der Waals surface area contributed by atoms with Crippen LogP contribution in [0.3, 0.4) is 0 Å². The van der Waals surface area contributed by atoms with Crippen LogP contribution in [0.4, 0.5) is 0 Å². The predicted molar refractivity (Wildman–Crippen MR) is 96.2 cm³/mol. The van der Waals surface area contributed by atoms with E-state index in [9.17, 15) is 25.2 Å². The summed E-state index contributed by atoms with van der Waals surface area (Å²) >= 11 is 0. The minimum atomic E-state index is -2.01. The topological polar surface area (TPSA) is 128 Å². The molecule has 0 fully saturated rings. The molecule has 0 heterocycles. The van der Waals surface area contributed by atoms with Crippen LogP contribution in [0.25, 0.3) is 0 Å². The highest BCUT2D eigenvalue weighted by molar-refractivity contribution is 6.65. The number of nitrogens with one attached hydrogen (secondary N) is 1.